The van der Waals surface area contributed by atoms with Crippen LogP contribution in [0.15, 0.2) is 107 Å². The lowest BCUT2D eigenvalue weighted by molar-refractivity contribution is 0.0733. The van der Waals surface area contributed by atoms with Crippen LogP contribution in [-0.2, 0) is 0 Å². The summed E-state index contributed by atoms with van der Waals surface area (Å²) in [4.78, 5) is 37.9. The highest BCUT2D eigenvalue weighted by molar-refractivity contribution is 9.10. The summed E-state index contributed by atoms with van der Waals surface area (Å²) in [5.41, 5.74) is 4.26. The van der Waals surface area contributed by atoms with Crippen molar-refractivity contribution in [2.24, 2.45) is 5.10 Å². The Morgan fingerprint density at radius 3 is 2.27 bits per heavy atom. The van der Waals surface area contributed by atoms with Gasteiger partial charge in [-0.3, -0.25) is 9.59 Å². The molecule has 0 atom stereocenters. The topological polar surface area (TPSA) is 96.9 Å². The van der Waals surface area contributed by atoms with Gasteiger partial charge in [0.05, 0.1) is 23.0 Å². The van der Waals surface area contributed by atoms with Crippen molar-refractivity contribution in [2.45, 2.75) is 0 Å². The molecule has 0 aromatic heterocycles. The Morgan fingerprint density at radius 1 is 0.811 bits per heavy atom. The van der Waals surface area contributed by atoms with Gasteiger partial charge in [-0.15, -0.1) is 0 Å². The van der Waals surface area contributed by atoms with Crippen LogP contribution in [0.5, 0.6) is 5.75 Å². The molecule has 0 aliphatic carbocycles. The van der Waals surface area contributed by atoms with Crippen LogP contribution in [-0.4, -0.2) is 24.0 Å². The number of hydrazone groups is 1. The molecule has 4 aromatic carbocycles. The van der Waals surface area contributed by atoms with E-state index in [9.17, 15) is 14.4 Å². The highest BCUT2D eigenvalue weighted by Crippen LogP contribution is 2.23. The van der Waals surface area contributed by atoms with Crippen molar-refractivity contribution in [2.75, 3.05) is 5.32 Å². The first-order valence-electron chi connectivity index (χ1n) is 11.0. The van der Waals surface area contributed by atoms with Crippen LogP contribution in [0.3, 0.4) is 0 Å². The van der Waals surface area contributed by atoms with E-state index in [1.807, 2.05) is 6.07 Å². The van der Waals surface area contributed by atoms with Crippen molar-refractivity contribution in [3.8, 4) is 5.75 Å². The van der Waals surface area contributed by atoms with Crippen molar-refractivity contribution < 1.29 is 19.1 Å². The van der Waals surface area contributed by atoms with Crippen LogP contribution >= 0.6 is 27.5 Å². The molecule has 4 rings (SSSR count). The molecule has 37 heavy (non-hydrogen) atoms. The van der Waals surface area contributed by atoms with Crippen molar-refractivity contribution in [3.05, 3.63) is 129 Å². The molecule has 0 aliphatic rings. The van der Waals surface area contributed by atoms with E-state index in [2.05, 4.69) is 31.8 Å². The van der Waals surface area contributed by atoms with Crippen LogP contribution in [0.4, 0.5) is 5.69 Å². The number of hydrogen-bond acceptors (Lipinski definition) is 5. The Kier molecular flexibility index (Phi) is 8.45. The largest absolute Gasteiger partial charge is 0.422 e. The fourth-order valence-corrected chi connectivity index (χ4v) is 3.76. The van der Waals surface area contributed by atoms with E-state index in [1.165, 1.54) is 6.21 Å². The van der Waals surface area contributed by atoms with Crippen LogP contribution < -0.4 is 15.5 Å². The molecular weight excluding hydrogens is 558 g/mol. The Balaban J connectivity index is 1.47. The number of carbonyl (C=O) groups is 3. The third-order valence-electron chi connectivity index (χ3n) is 5.08. The van der Waals surface area contributed by atoms with Gasteiger partial charge in [0.15, 0.2) is 0 Å². The number of benzene rings is 4. The molecule has 0 unspecified atom stereocenters. The summed E-state index contributed by atoms with van der Waals surface area (Å²) in [7, 11) is 0. The lowest BCUT2D eigenvalue weighted by Crippen LogP contribution is -2.21. The predicted molar refractivity (Wildman–Crippen MR) is 146 cm³/mol. The molecule has 0 saturated heterocycles. The van der Waals surface area contributed by atoms with E-state index in [4.69, 9.17) is 16.3 Å². The third kappa shape index (κ3) is 6.91. The summed E-state index contributed by atoms with van der Waals surface area (Å²) in [5, 5.41) is 7.28. The molecule has 2 amide bonds. The van der Waals surface area contributed by atoms with Gasteiger partial charge in [-0.1, -0.05) is 57.9 Å². The number of hydrogen-bond donors (Lipinski definition) is 2. The van der Waals surface area contributed by atoms with Gasteiger partial charge in [0.1, 0.15) is 5.75 Å². The second-order valence-electron chi connectivity index (χ2n) is 7.64. The van der Waals surface area contributed by atoms with Crippen LogP contribution in [0.1, 0.15) is 36.6 Å². The summed E-state index contributed by atoms with van der Waals surface area (Å²) in [6.07, 6.45) is 1.36. The lowest BCUT2D eigenvalue weighted by Gasteiger charge is -2.10. The molecule has 4 aromatic rings. The van der Waals surface area contributed by atoms with E-state index in [0.717, 1.165) is 4.47 Å². The maximum Gasteiger partial charge on any atom is 0.343 e. The number of halogens is 2. The summed E-state index contributed by atoms with van der Waals surface area (Å²) >= 11 is 9.26. The summed E-state index contributed by atoms with van der Waals surface area (Å²) < 4.78 is 6.24. The number of anilines is 1. The Bertz CT molecular complexity index is 1470. The highest BCUT2D eigenvalue weighted by atomic mass is 79.9. The van der Waals surface area contributed by atoms with Crippen LogP contribution in [0.2, 0.25) is 5.02 Å². The van der Waals surface area contributed by atoms with Gasteiger partial charge in [-0.25, -0.2) is 10.2 Å². The number of carbonyl (C=O) groups excluding carboxylic acids is 3. The average molecular weight is 577 g/mol. The summed E-state index contributed by atoms with van der Waals surface area (Å²) in [5.74, 6) is -1.20. The Hall–Kier alpha value is -4.27. The number of nitrogens with one attached hydrogen (secondary N) is 2. The molecule has 0 fully saturated rings. The second kappa shape index (κ2) is 12.1. The number of amides is 2. The minimum Gasteiger partial charge on any atom is -0.422 e. The van der Waals surface area contributed by atoms with E-state index in [1.54, 1.807) is 91.0 Å². The molecule has 7 nitrogen and oxygen atoms in total. The highest BCUT2D eigenvalue weighted by Gasteiger charge is 2.15. The molecule has 9 heteroatoms. The van der Waals surface area contributed by atoms with Gasteiger partial charge >= 0.3 is 5.97 Å². The Morgan fingerprint density at radius 2 is 1.51 bits per heavy atom. The van der Waals surface area contributed by atoms with Gasteiger partial charge < -0.3 is 10.1 Å². The van der Waals surface area contributed by atoms with Crippen LogP contribution in [0, 0.1) is 0 Å². The standard InChI is InChI=1S/C28H19BrClN3O4/c29-21-12-15-25(37-28(36)19-10-13-22(30)14-11-19)20(16-21)17-31-33-27(35)23-8-4-5-9-24(23)32-26(34)18-6-2-1-3-7-18/h1-17H,(H,32,34)(H,33,35)/b31-17-. The van der Waals surface area contributed by atoms with E-state index in [0.29, 0.717) is 27.4 Å². The molecule has 0 bridgehead atoms. The fraction of sp³-hybridized carbons (Fsp3) is 0. The Labute approximate surface area is 226 Å². The van der Waals surface area contributed by atoms with E-state index < -0.39 is 11.9 Å². The molecule has 2 N–H and O–H groups in total. The van der Waals surface area contributed by atoms with Crippen molar-refractivity contribution in [1.29, 1.82) is 0 Å². The number of para-hydroxylation sites is 1. The first-order chi connectivity index (χ1) is 17.9. The molecule has 0 heterocycles. The molecular formula is C28H19BrClN3O4. The maximum atomic E-state index is 12.8. The minimum atomic E-state index is -0.569. The van der Waals surface area contributed by atoms with E-state index >= 15 is 0 Å². The zero-order valence-corrected chi connectivity index (χ0v) is 21.5. The molecule has 0 aliphatic heterocycles. The molecule has 184 valence electrons. The van der Waals surface area contributed by atoms with Crippen molar-refractivity contribution in [1.82, 2.24) is 5.43 Å². The number of rotatable bonds is 7. The maximum absolute atomic E-state index is 12.8. The number of ether oxygens (including phenoxy) is 1. The molecule has 0 radical (unpaired) electrons. The number of nitrogens with zero attached hydrogens (tertiary/aromatic N) is 1. The van der Waals surface area contributed by atoms with Gasteiger partial charge in [-0.05, 0) is 66.7 Å². The monoisotopic (exact) mass is 575 g/mol. The van der Waals surface area contributed by atoms with Gasteiger partial charge in [0.2, 0.25) is 0 Å². The van der Waals surface area contributed by atoms with Crippen molar-refractivity contribution in [3.63, 3.8) is 0 Å². The van der Waals surface area contributed by atoms with Gasteiger partial charge in [0, 0.05) is 20.6 Å². The first kappa shape index (κ1) is 25.8. The smallest absolute Gasteiger partial charge is 0.343 e. The zero-order valence-electron chi connectivity index (χ0n) is 19.2. The second-order valence-corrected chi connectivity index (χ2v) is 9.00. The average Bonchev–Trinajstić information content (AvgIpc) is 2.91. The zero-order chi connectivity index (χ0) is 26.2. The predicted octanol–water partition coefficient (Wildman–Crippen LogP) is 6.34. The van der Waals surface area contributed by atoms with E-state index in [-0.39, 0.29) is 17.2 Å². The SMILES string of the molecule is O=C(Nc1ccccc1C(=O)N/N=C\c1cc(Br)ccc1OC(=O)c1ccc(Cl)cc1)c1ccccc1. The van der Waals surface area contributed by atoms with Crippen LogP contribution in [0.25, 0.3) is 0 Å². The van der Waals surface area contributed by atoms with Gasteiger partial charge in [-0.2, -0.15) is 5.10 Å². The minimum absolute atomic E-state index is 0.229. The summed E-state index contributed by atoms with van der Waals surface area (Å²) in [6.45, 7) is 0. The molecule has 0 saturated carbocycles. The fourth-order valence-electron chi connectivity index (χ4n) is 3.25. The quantitative estimate of drug-likeness (QED) is 0.116. The van der Waals surface area contributed by atoms with Crippen molar-refractivity contribution >= 4 is 57.2 Å². The van der Waals surface area contributed by atoms with Gasteiger partial charge in [0.25, 0.3) is 11.8 Å². The number of esters is 1. The molecule has 0 spiro atoms. The lowest BCUT2D eigenvalue weighted by atomic mass is 10.1. The first-order valence-corrected chi connectivity index (χ1v) is 12.1. The summed E-state index contributed by atoms with van der Waals surface area (Å²) in [6, 6.07) is 26.6. The normalized spacial score (nSPS) is 10.6. The third-order valence-corrected chi connectivity index (χ3v) is 5.83.